The summed E-state index contributed by atoms with van der Waals surface area (Å²) in [6.07, 6.45) is 7.30. The maximum atomic E-state index is 6.73. The summed E-state index contributed by atoms with van der Waals surface area (Å²) in [4.78, 5) is 0. The third kappa shape index (κ3) is 4.38. The molecule has 0 bridgehead atoms. The molecule has 2 heterocycles. The molecule has 1 aliphatic carbocycles. The normalized spacial score (nSPS) is 30.7. The van der Waals surface area contributed by atoms with E-state index >= 15 is 0 Å². The Labute approximate surface area is 173 Å². The first-order chi connectivity index (χ1) is 12.7. The Hall–Kier alpha value is -0.338. The van der Waals surface area contributed by atoms with Crippen molar-refractivity contribution in [1.82, 2.24) is 10.4 Å². The topological polar surface area (TPSA) is 43.0 Å². The average molecular weight is 408 g/mol. The lowest BCUT2D eigenvalue weighted by atomic mass is 9.79. The van der Waals surface area contributed by atoms with Crippen LogP contribution in [0.3, 0.4) is 0 Å². The molecule has 2 unspecified atom stereocenters. The second-order valence-corrected chi connectivity index (χ2v) is 16.1. The van der Waals surface area contributed by atoms with Crippen LogP contribution < -0.4 is 5.43 Å². The highest BCUT2D eigenvalue weighted by Gasteiger charge is 2.53. The van der Waals surface area contributed by atoms with Crippen LogP contribution in [0.5, 0.6) is 0 Å². The van der Waals surface area contributed by atoms with Gasteiger partial charge < -0.3 is 18.7 Å². The number of nitrogens with zero attached hydrogens (tertiary/aromatic N) is 1. The predicted octanol–water partition coefficient (Wildman–Crippen LogP) is 4.65. The monoisotopic (exact) mass is 408 g/mol. The fourth-order valence-corrected chi connectivity index (χ4v) is 5.30. The van der Waals surface area contributed by atoms with Gasteiger partial charge in [0.1, 0.15) is 0 Å². The molecule has 2 fully saturated rings. The maximum absolute atomic E-state index is 6.73. The van der Waals surface area contributed by atoms with Crippen molar-refractivity contribution >= 4 is 15.4 Å². The molecule has 0 radical (unpaired) electrons. The first-order valence-corrected chi connectivity index (χ1v) is 13.9. The first kappa shape index (κ1) is 22.3. The van der Waals surface area contributed by atoms with Gasteiger partial charge in [-0.2, -0.15) is 0 Å². The minimum atomic E-state index is -1.72. The molecule has 160 valence electrons. The highest BCUT2D eigenvalue weighted by Crippen LogP contribution is 2.41. The van der Waals surface area contributed by atoms with E-state index < -0.39 is 8.32 Å². The molecule has 0 aromatic carbocycles. The van der Waals surface area contributed by atoms with E-state index in [1.165, 1.54) is 24.7 Å². The first-order valence-electron chi connectivity index (χ1n) is 11.0. The summed E-state index contributed by atoms with van der Waals surface area (Å²) >= 11 is 0. The van der Waals surface area contributed by atoms with E-state index in [1.54, 1.807) is 0 Å². The number of hydrogen-bond acceptors (Lipinski definition) is 5. The molecule has 7 heteroatoms. The third-order valence-corrected chi connectivity index (χ3v) is 12.1. The summed E-state index contributed by atoms with van der Waals surface area (Å²) in [5.74, 6) is 0. The van der Waals surface area contributed by atoms with Crippen LogP contribution in [-0.2, 0) is 13.7 Å². The van der Waals surface area contributed by atoms with Crippen LogP contribution >= 0.6 is 0 Å². The zero-order valence-electron chi connectivity index (χ0n) is 19.5. The molecule has 0 amide bonds. The molecule has 2 aliphatic heterocycles. The zero-order chi connectivity index (χ0) is 21.0. The number of nitrogens with one attached hydrogen (secondary N) is 1. The van der Waals surface area contributed by atoms with Crippen molar-refractivity contribution in [1.29, 1.82) is 0 Å². The zero-order valence-corrected chi connectivity index (χ0v) is 20.5. The Morgan fingerprint density at radius 3 is 2.32 bits per heavy atom. The number of hydrazine groups is 1. The van der Waals surface area contributed by atoms with Crippen LogP contribution in [0.4, 0.5) is 0 Å². The predicted molar refractivity (Wildman–Crippen MR) is 118 cm³/mol. The van der Waals surface area contributed by atoms with Gasteiger partial charge in [-0.3, -0.25) is 0 Å². The van der Waals surface area contributed by atoms with Crippen molar-refractivity contribution in [2.45, 2.75) is 116 Å². The van der Waals surface area contributed by atoms with Gasteiger partial charge in [0.15, 0.2) is 8.32 Å². The van der Waals surface area contributed by atoms with Crippen molar-refractivity contribution in [2.75, 3.05) is 6.54 Å². The highest BCUT2D eigenvalue weighted by atomic mass is 28.4. The minimum absolute atomic E-state index is 0.259. The standard InChI is InChI=1S/C21H41BN2O3Si/c1-19(2,3)28(8,9)25-18-12-10-11-17(13-18)24-15-16(14-23-24)22-26-20(4,5)21(6,7)27-22/h15,17-18,23H,10-14H2,1-9H3. The van der Waals surface area contributed by atoms with Crippen LogP contribution in [0, 0.1) is 0 Å². The molecule has 0 aromatic rings. The fourth-order valence-electron chi connectivity index (χ4n) is 3.90. The van der Waals surface area contributed by atoms with Gasteiger partial charge in [0, 0.05) is 24.9 Å². The van der Waals surface area contributed by atoms with Crippen molar-refractivity contribution in [2.24, 2.45) is 0 Å². The molecule has 0 spiro atoms. The van der Waals surface area contributed by atoms with Crippen LogP contribution in [0.1, 0.15) is 74.1 Å². The molecular formula is C21H41BN2O3Si. The Bertz CT molecular complexity index is 599. The summed E-state index contributed by atoms with van der Waals surface area (Å²) in [6.45, 7) is 20.9. The van der Waals surface area contributed by atoms with Crippen molar-refractivity contribution < 1.29 is 13.7 Å². The third-order valence-electron chi connectivity index (χ3n) is 7.59. The van der Waals surface area contributed by atoms with E-state index in [4.69, 9.17) is 13.7 Å². The molecule has 3 aliphatic rings. The SMILES string of the molecule is CC1(C)OB(C2=CN(C3CCCC(O[Si](C)(C)C(C)(C)C)C3)NC2)OC1(C)C. The second kappa shape index (κ2) is 7.41. The van der Waals surface area contributed by atoms with Gasteiger partial charge in [-0.15, -0.1) is 0 Å². The van der Waals surface area contributed by atoms with E-state index in [0.29, 0.717) is 12.1 Å². The molecule has 2 atom stereocenters. The van der Waals surface area contributed by atoms with Crippen molar-refractivity contribution in [3.05, 3.63) is 11.7 Å². The molecule has 1 saturated carbocycles. The molecule has 5 nitrogen and oxygen atoms in total. The van der Waals surface area contributed by atoms with E-state index in [9.17, 15) is 0 Å². The molecule has 0 aromatic heterocycles. The smallest absolute Gasteiger partial charge is 0.414 e. The summed E-state index contributed by atoms with van der Waals surface area (Å²) in [6, 6.07) is 0.475. The Balaban J connectivity index is 1.62. The average Bonchev–Trinajstić information content (AvgIpc) is 3.09. The molecule has 3 rings (SSSR count). The largest absolute Gasteiger partial charge is 0.493 e. The van der Waals surface area contributed by atoms with Crippen molar-refractivity contribution in [3.8, 4) is 0 Å². The van der Waals surface area contributed by atoms with E-state index in [-0.39, 0.29) is 23.4 Å². The van der Waals surface area contributed by atoms with Gasteiger partial charge in [0.2, 0.25) is 0 Å². The van der Waals surface area contributed by atoms with Crippen LogP contribution in [-0.4, -0.2) is 50.3 Å². The summed E-state index contributed by atoms with van der Waals surface area (Å²) in [7, 11) is -1.98. The van der Waals surface area contributed by atoms with Gasteiger partial charge in [0.05, 0.1) is 11.2 Å². The Morgan fingerprint density at radius 1 is 1.14 bits per heavy atom. The number of rotatable bonds is 4. The summed E-state index contributed by atoms with van der Waals surface area (Å²) in [5, 5.41) is 2.55. The Kier molecular flexibility index (Phi) is 5.92. The van der Waals surface area contributed by atoms with Crippen molar-refractivity contribution in [3.63, 3.8) is 0 Å². The van der Waals surface area contributed by atoms with E-state index in [2.05, 4.69) is 78.2 Å². The van der Waals surface area contributed by atoms with Gasteiger partial charge in [0.25, 0.3) is 0 Å². The summed E-state index contributed by atoms with van der Waals surface area (Å²) in [5.41, 5.74) is 4.16. The maximum Gasteiger partial charge on any atom is 0.493 e. The number of hydrogen-bond donors (Lipinski definition) is 1. The second-order valence-electron chi connectivity index (χ2n) is 11.4. The lowest BCUT2D eigenvalue weighted by Gasteiger charge is -2.43. The highest BCUT2D eigenvalue weighted by molar-refractivity contribution is 6.74. The quantitative estimate of drug-likeness (QED) is 0.686. The van der Waals surface area contributed by atoms with Gasteiger partial charge >= 0.3 is 7.12 Å². The fraction of sp³-hybridized carbons (Fsp3) is 0.905. The van der Waals surface area contributed by atoms with Gasteiger partial charge in [-0.05, 0) is 77.0 Å². The van der Waals surface area contributed by atoms with Gasteiger partial charge in [-0.1, -0.05) is 20.8 Å². The molecule has 1 N–H and O–H groups in total. The van der Waals surface area contributed by atoms with Gasteiger partial charge in [-0.25, -0.2) is 5.43 Å². The summed E-state index contributed by atoms with van der Waals surface area (Å²) < 4.78 is 19.2. The lowest BCUT2D eigenvalue weighted by Crippen LogP contribution is -2.48. The van der Waals surface area contributed by atoms with E-state index in [1.807, 2.05) is 0 Å². The van der Waals surface area contributed by atoms with Crippen LogP contribution in [0.15, 0.2) is 11.7 Å². The molecular weight excluding hydrogens is 367 g/mol. The van der Waals surface area contributed by atoms with Crippen LogP contribution in [0.25, 0.3) is 0 Å². The molecule has 28 heavy (non-hydrogen) atoms. The minimum Gasteiger partial charge on any atom is -0.414 e. The Morgan fingerprint density at radius 2 is 1.75 bits per heavy atom. The molecule has 1 saturated heterocycles. The lowest BCUT2D eigenvalue weighted by molar-refractivity contribution is 0.00578. The van der Waals surface area contributed by atoms with E-state index in [0.717, 1.165) is 13.0 Å². The van der Waals surface area contributed by atoms with Crippen LogP contribution in [0.2, 0.25) is 18.1 Å².